The smallest absolute Gasteiger partial charge is 0.263 e. The molecule has 0 aromatic carbocycles. The van der Waals surface area contributed by atoms with E-state index in [9.17, 15) is 8.42 Å². The van der Waals surface area contributed by atoms with Gasteiger partial charge in [-0.2, -0.15) is 4.31 Å². The lowest BCUT2D eigenvalue weighted by atomic mass is 10.1. The van der Waals surface area contributed by atoms with Gasteiger partial charge in [0.25, 0.3) is 10.0 Å². The number of halogens is 1. The van der Waals surface area contributed by atoms with Crippen molar-refractivity contribution in [3.05, 3.63) is 4.60 Å². The highest BCUT2D eigenvalue weighted by atomic mass is 79.9. The van der Waals surface area contributed by atoms with Crippen LogP contribution in [0, 0.1) is 0 Å². The Labute approximate surface area is 114 Å². The maximum absolute atomic E-state index is 12.4. The first-order chi connectivity index (χ1) is 8.46. The summed E-state index contributed by atoms with van der Waals surface area (Å²) in [6.45, 7) is 0.914. The summed E-state index contributed by atoms with van der Waals surface area (Å²) in [5, 5.41) is 7.50. The van der Waals surface area contributed by atoms with Gasteiger partial charge in [0.1, 0.15) is 0 Å². The molecular weight excluding hydrogens is 324 g/mol. The van der Waals surface area contributed by atoms with Crippen molar-refractivity contribution in [2.75, 3.05) is 20.2 Å². The summed E-state index contributed by atoms with van der Waals surface area (Å²) in [4.78, 5) is 0. The molecule has 1 aromatic heterocycles. The van der Waals surface area contributed by atoms with E-state index in [-0.39, 0.29) is 15.7 Å². The lowest BCUT2D eigenvalue weighted by Crippen LogP contribution is -2.41. The van der Waals surface area contributed by atoms with E-state index in [4.69, 9.17) is 4.74 Å². The predicted molar refractivity (Wildman–Crippen MR) is 67.5 cm³/mol. The Bertz CT molecular complexity index is 502. The summed E-state index contributed by atoms with van der Waals surface area (Å²) in [7, 11) is -0.332. The van der Waals surface area contributed by atoms with Crippen LogP contribution in [0.2, 0.25) is 0 Å². The summed E-state index contributed by atoms with van der Waals surface area (Å²) in [5.41, 5.74) is 0. The fourth-order valence-electron chi connectivity index (χ4n) is 2.03. The van der Waals surface area contributed by atoms with Gasteiger partial charge in [0.2, 0.25) is 5.03 Å². The molecule has 0 bridgehead atoms. The van der Waals surface area contributed by atoms with Crippen molar-refractivity contribution in [3.8, 4) is 0 Å². The summed E-state index contributed by atoms with van der Waals surface area (Å²) in [6, 6.07) is 0. The molecule has 1 saturated heterocycles. The van der Waals surface area contributed by atoms with E-state index in [2.05, 4.69) is 26.2 Å². The number of nitrogens with zero attached hydrogens (tertiary/aromatic N) is 4. The summed E-state index contributed by atoms with van der Waals surface area (Å²) in [5.74, 6) is 0. The van der Waals surface area contributed by atoms with Crippen molar-refractivity contribution in [2.45, 2.75) is 24.0 Å². The van der Waals surface area contributed by atoms with Gasteiger partial charge in [0.05, 0.1) is 6.10 Å². The number of piperidine rings is 1. The zero-order valence-electron chi connectivity index (χ0n) is 10.2. The maximum atomic E-state index is 12.4. The van der Waals surface area contributed by atoms with Crippen LogP contribution < -0.4 is 0 Å². The number of hydrogen-bond acceptors (Lipinski definition) is 5. The molecule has 0 radical (unpaired) electrons. The SMILES string of the molecule is COC1CCN(S(=O)(=O)c2c(Br)nnn2C)CC1. The van der Waals surface area contributed by atoms with Gasteiger partial charge >= 0.3 is 0 Å². The monoisotopic (exact) mass is 338 g/mol. The standard InChI is InChI=1S/C9H15BrN4O3S/c1-13-9(8(10)11-12-13)18(15,16)14-5-3-7(17-2)4-6-14/h7H,3-6H2,1-2H3. The number of sulfonamides is 1. The molecule has 2 heterocycles. The number of ether oxygens (including phenoxy) is 1. The Morgan fingerprint density at radius 1 is 1.39 bits per heavy atom. The third-order valence-corrected chi connectivity index (χ3v) is 5.84. The molecule has 102 valence electrons. The molecule has 1 aromatic rings. The summed E-state index contributed by atoms with van der Waals surface area (Å²) < 4.78 is 33.1. The van der Waals surface area contributed by atoms with Crippen LogP contribution in [0.15, 0.2) is 9.63 Å². The van der Waals surface area contributed by atoms with Gasteiger partial charge in [-0.1, -0.05) is 5.21 Å². The van der Waals surface area contributed by atoms with Gasteiger partial charge in [-0.3, -0.25) is 0 Å². The average Bonchev–Trinajstić information content (AvgIpc) is 2.69. The molecule has 0 atom stereocenters. The van der Waals surface area contributed by atoms with E-state index in [0.29, 0.717) is 25.9 Å². The lowest BCUT2D eigenvalue weighted by molar-refractivity contribution is 0.0603. The molecule has 0 saturated carbocycles. The third kappa shape index (κ3) is 2.44. The Hall–Kier alpha value is -0.510. The van der Waals surface area contributed by atoms with Crippen LogP contribution in [-0.2, 0) is 21.8 Å². The van der Waals surface area contributed by atoms with Gasteiger partial charge in [0.15, 0.2) is 4.60 Å². The second-order valence-electron chi connectivity index (χ2n) is 4.15. The van der Waals surface area contributed by atoms with Crippen molar-refractivity contribution in [1.29, 1.82) is 0 Å². The van der Waals surface area contributed by atoms with Gasteiger partial charge < -0.3 is 4.74 Å². The van der Waals surface area contributed by atoms with Gasteiger partial charge in [-0.05, 0) is 28.8 Å². The van der Waals surface area contributed by atoms with E-state index in [1.807, 2.05) is 0 Å². The Balaban J connectivity index is 2.23. The zero-order valence-corrected chi connectivity index (χ0v) is 12.6. The van der Waals surface area contributed by atoms with Crippen LogP contribution >= 0.6 is 15.9 Å². The second-order valence-corrected chi connectivity index (χ2v) is 6.75. The van der Waals surface area contributed by atoms with Crippen molar-refractivity contribution in [2.24, 2.45) is 7.05 Å². The summed E-state index contributed by atoms with van der Waals surface area (Å²) >= 11 is 3.12. The molecule has 0 amide bonds. The minimum atomic E-state index is -3.54. The molecule has 0 aliphatic carbocycles. The predicted octanol–water partition coefficient (Wildman–Crippen LogP) is 0.377. The molecule has 7 nitrogen and oxygen atoms in total. The first-order valence-corrected chi connectivity index (χ1v) is 7.78. The van der Waals surface area contributed by atoms with Crippen molar-refractivity contribution >= 4 is 26.0 Å². The van der Waals surface area contributed by atoms with Crippen LogP contribution in [0.1, 0.15) is 12.8 Å². The van der Waals surface area contributed by atoms with E-state index >= 15 is 0 Å². The zero-order chi connectivity index (χ0) is 13.3. The minimum absolute atomic E-state index is 0.0957. The van der Waals surface area contributed by atoms with Crippen LogP contribution in [-0.4, -0.2) is 54.0 Å². The van der Waals surface area contributed by atoms with Gasteiger partial charge in [0, 0.05) is 27.2 Å². The van der Waals surface area contributed by atoms with Crippen LogP contribution in [0.5, 0.6) is 0 Å². The molecule has 1 fully saturated rings. The second kappa shape index (κ2) is 5.24. The Morgan fingerprint density at radius 3 is 2.44 bits per heavy atom. The van der Waals surface area contributed by atoms with Gasteiger partial charge in [-0.25, -0.2) is 13.1 Å². The first kappa shape index (κ1) is 13.9. The quantitative estimate of drug-likeness (QED) is 0.796. The normalized spacial score (nSPS) is 19.3. The Kier molecular flexibility index (Phi) is 4.05. The third-order valence-electron chi connectivity index (χ3n) is 3.06. The fraction of sp³-hybridized carbons (Fsp3) is 0.778. The van der Waals surface area contributed by atoms with E-state index in [1.54, 1.807) is 14.2 Å². The highest BCUT2D eigenvalue weighted by Crippen LogP contribution is 2.25. The topological polar surface area (TPSA) is 77.3 Å². The minimum Gasteiger partial charge on any atom is -0.381 e. The number of aromatic nitrogens is 3. The highest BCUT2D eigenvalue weighted by Gasteiger charge is 2.33. The van der Waals surface area contributed by atoms with E-state index in [0.717, 1.165) is 0 Å². The first-order valence-electron chi connectivity index (χ1n) is 5.55. The molecule has 0 spiro atoms. The lowest BCUT2D eigenvalue weighted by Gasteiger charge is -2.30. The number of hydrogen-bond donors (Lipinski definition) is 0. The van der Waals surface area contributed by atoms with E-state index in [1.165, 1.54) is 8.99 Å². The molecule has 0 N–H and O–H groups in total. The van der Waals surface area contributed by atoms with Crippen molar-refractivity contribution in [1.82, 2.24) is 19.3 Å². The van der Waals surface area contributed by atoms with E-state index < -0.39 is 10.0 Å². The highest BCUT2D eigenvalue weighted by molar-refractivity contribution is 9.10. The van der Waals surface area contributed by atoms with Crippen molar-refractivity contribution in [3.63, 3.8) is 0 Å². The number of rotatable bonds is 3. The molecule has 0 unspecified atom stereocenters. The average molecular weight is 339 g/mol. The molecule has 1 aliphatic rings. The fourth-order valence-corrected chi connectivity index (χ4v) is 4.53. The largest absolute Gasteiger partial charge is 0.381 e. The van der Waals surface area contributed by atoms with Crippen LogP contribution in [0.4, 0.5) is 0 Å². The molecule has 9 heteroatoms. The molecule has 1 aliphatic heterocycles. The van der Waals surface area contributed by atoms with Crippen LogP contribution in [0.3, 0.4) is 0 Å². The van der Waals surface area contributed by atoms with Gasteiger partial charge in [-0.15, -0.1) is 5.10 Å². The van der Waals surface area contributed by atoms with Crippen molar-refractivity contribution < 1.29 is 13.2 Å². The number of methoxy groups -OCH3 is 1. The molecule has 2 rings (SSSR count). The summed E-state index contributed by atoms with van der Waals surface area (Å²) in [6.07, 6.45) is 1.56. The maximum Gasteiger partial charge on any atom is 0.263 e. The molecule has 18 heavy (non-hydrogen) atoms. The Morgan fingerprint density at radius 2 is 2.00 bits per heavy atom. The van der Waals surface area contributed by atoms with Crippen LogP contribution in [0.25, 0.3) is 0 Å². The molecular formula is C9H15BrN4O3S. The number of aryl methyl sites for hydroxylation is 1.